The van der Waals surface area contributed by atoms with Crippen molar-refractivity contribution >= 4 is 11.4 Å². The topological polar surface area (TPSA) is 38.0 Å². The van der Waals surface area contributed by atoms with Crippen LogP contribution in [0.3, 0.4) is 0 Å². The van der Waals surface area contributed by atoms with Crippen molar-refractivity contribution in [1.29, 1.82) is 0 Å². The number of rotatable bonds is 0. The summed E-state index contributed by atoms with van der Waals surface area (Å²) < 4.78 is 0. The molecule has 0 saturated heterocycles. The number of hydrogen-bond acceptors (Lipinski definition) is 2. The Balaban J connectivity index is 2.01. The number of anilines is 2. The maximum absolute atomic E-state index is 5.78. The molecule has 0 unspecified atom stereocenters. The molecular formula is C12H16N2. The Kier molecular flexibility index (Phi) is 1.69. The summed E-state index contributed by atoms with van der Waals surface area (Å²) in [7, 11) is 0. The molecule has 0 radical (unpaired) electrons. The molecule has 1 heterocycles. The minimum Gasteiger partial charge on any atom is -0.399 e. The van der Waals surface area contributed by atoms with E-state index in [4.69, 9.17) is 5.73 Å². The predicted molar refractivity (Wildman–Crippen MR) is 59.5 cm³/mol. The van der Waals surface area contributed by atoms with Gasteiger partial charge in [-0.15, -0.1) is 0 Å². The van der Waals surface area contributed by atoms with Crippen molar-refractivity contribution in [2.75, 3.05) is 11.1 Å². The summed E-state index contributed by atoms with van der Waals surface area (Å²) >= 11 is 0. The molecule has 0 aromatic heterocycles. The molecule has 1 aromatic rings. The van der Waals surface area contributed by atoms with Crippen molar-refractivity contribution in [1.82, 2.24) is 0 Å². The quantitative estimate of drug-likeness (QED) is 0.614. The smallest absolute Gasteiger partial charge is 0.0399 e. The van der Waals surface area contributed by atoms with Crippen LogP contribution in [0.1, 0.15) is 37.2 Å². The van der Waals surface area contributed by atoms with Gasteiger partial charge in [0.1, 0.15) is 0 Å². The van der Waals surface area contributed by atoms with E-state index in [1.807, 2.05) is 6.07 Å². The number of nitrogens with one attached hydrogen (secondary N) is 1. The molecule has 1 saturated carbocycles. The van der Waals surface area contributed by atoms with Gasteiger partial charge < -0.3 is 11.1 Å². The van der Waals surface area contributed by atoms with Gasteiger partial charge >= 0.3 is 0 Å². The van der Waals surface area contributed by atoms with E-state index in [-0.39, 0.29) is 0 Å². The van der Waals surface area contributed by atoms with E-state index < -0.39 is 0 Å². The Labute approximate surface area is 84.5 Å². The van der Waals surface area contributed by atoms with Crippen LogP contribution in [-0.2, 0) is 0 Å². The molecule has 3 N–H and O–H groups in total. The zero-order chi connectivity index (χ0) is 9.54. The van der Waals surface area contributed by atoms with Gasteiger partial charge in [0, 0.05) is 23.3 Å². The summed E-state index contributed by atoms with van der Waals surface area (Å²) in [6.45, 7) is 0. The van der Waals surface area contributed by atoms with Crippen LogP contribution in [0.2, 0.25) is 0 Å². The van der Waals surface area contributed by atoms with Crippen LogP contribution in [0, 0.1) is 0 Å². The van der Waals surface area contributed by atoms with Crippen molar-refractivity contribution in [3.63, 3.8) is 0 Å². The highest BCUT2D eigenvalue weighted by Gasteiger charge is 2.33. The first kappa shape index (κ1) is 8.16. The molecular weight excluding hydrogens is 172 g/mol. The second kappa shape index (κ2) is 2.91. The Morgan fingerprint density at radius 3 is 3.00 bits per heavy atom. The molecule has 1 aliphatic carbocycles. The molecule has 2 nitrogen and oxygen atoms in total. The van der Waals surface area contributed by atoms with Crippen molar-refractivity contribution in [2.45, 2.75) is 37.6 Å². The molecule has 3 rings (SSSR count). The largest absolute Gasteiger partial charge is 0.399 e. The van der Waals surface area contributed by atoms with Crippen molar-refractivity contribution < 1.29 is 0 Å². The van der Waals surface area contributed by atoms with Crippen molar-refractivity contribution in [3.8, 4) is 0 Å². The number of nitrogen functional groups attached to an aromatic ring is 1. The van der Waals surface area contributed by atoms with E-state index >= 15 is 0 Å². The summed E-state index contributed by atoms with van der Waals surface area (Å²) in [5, 5.41) is 3.60. The molecule has 1 fully saturated rings. The first-order valence-electron chi connectivity index (χ1n) is 5.50. The standard InChI is InChI=1S/C12H16N2/c13-8-5-6-10-9-3-1-2-4-11(9)14-12(10)7-8/h5-7,9,11,14H,1-4,13H2/t9-,11-/m0/s1. The molecule has 0 bridgehead atoms. The van der Waals surface area contributed by atoms with Gasteiger partial charge in [0.15, 0.2) is 0 Å². The maximum atomic E-state index is 5.78. The number of fused-ring (bicyclic) bond motifs is 3. The lowest BCUT2D eigenvalue weighted by atomic mass is 9.83. The Hall–Kier alpha value is -1.18. The van der Waals surface area contributed by atoms with E-state index in [0.29, 0.717) is 6.04 Å². The van der Waals surface area contributed by atoms with Gasteiger partial charge in [-0.2, -0.15) is 0 Å². The minimum absolute atomic E-state index is 0.681. The molecule has 1 aliphatic heterocycles. The summed E-state index contributed by atoms with van der Waals surface area (Å²) in [5.74, 6) is 0.749. The van der Waals surface area contributed by atoms with Crippen molar-refractivity contribution in [2.24, 2.45) is 0 Å². The molecule has 2 atom stereocenters. The monoisotopic (exact) mass is 188 g/mol. The lowest BCUT2D eigenvalue weighted by Crippen LogP contribution is -2.23. The van der Waals surface area contributed by atoms with Gasteiger partial charge in [0.25, 0.3) is 0 Å². The molecule has 14 heavy (non-hydrogen) atoms. The normalized spacial score (nSPS) is 29.1. The predicted octanol–water partition coefficient (Wildman–Crippen LogP) is 2.72. The third-order valence-corrected chi connectivity index (χ3v) is 3.58. The minimum atomic E-state index is 0.681. The van der Waals surface area contributed by atoms with Crippen molar-refractivity contribution in [3.05, 3.63) is 23.8 Å². The third kappa shape index (κ3) is 1.10. The molecule has 2 heteroatoms. The van der Waals surface area contributed by atoms with E-state index in [9.17, 15) is 0 Å². The molecule has 0 amide bonds. The second-order valence-electron chi connectivity index (χ2n) is 4.49. The summed E-state index contributed by atoms with van der Waals surface area (Å²) in [4.78, 5) is 0. The Bertz CT molecular complexity index is 359. The van der Waals surface area contributed by atoms with E-state index in [2.05, 4.69) is 17.4 Å². The number of benzene rings is 1. The second-order valence-corrected chi connectivity index (χ2v) is 4.49. The van der Waals surface area contributed by atoms with Gasteiger partial charge in [0.05, 0.1) is 0 Å². The van der Waals surface area contributed by atoms with Gasteiger partial charge in [-0.25, -0.2) is 0 Å². The zero-order valence-corrected chi connectivity index (χ0v) is 8.29. The average Bonchev–Trinajstić information content (AvgIpc) is 2.54. The number of hydrogen-bond donors (Lipinski definition) is 2. The van der Waals surface area contributed by atoms with E-state index in [1.165, 1.54) is 36.9 Å². The van der Waals surface area contributed by atoms with E-state index in [1.54, 1.807) is 0 Å². The lowest BCUT2D eigenvalue weighted by molar-refractivity contribution is 0.422. The van der Waals surface area contributed by atoms with Crippen LogP contribution >= 0.6 is 0 Å². The van der Waals surface area contributed by atoms with Gasteiger partial charge in [0.2, 0.25) is 0 Å². The van der Waals surface area contributed by atoms with Crippen LogP contribution < -0.4 is 11.1 Å². The Morgan fingerprint density at radius 1 is 1.21 bits per heavy atom. The summed E-state index contributed by atoms with van der Waals surface area (Å²) in [6.07, 6.45) is 5.41. The zero-order valence-electron chi connectivity index (χ0n) is 8.29. The van der Waals surface area contributed by atoms with E-state index in [0.717, 1.165) is 11.6 Å². The molecule has 1 aromatic carbocycles. The third-order valence-electron chi connectivity index (χ3n) is 3.58. The van der Waals surface area contributed by atoms with Crippen LogP contribution in [-0.4, -0.2) is 6.04 Å². The fraction of sp³-hybridized carbons (Fsp3) is 0.500. The van der Waals surface area contributed by atoms with Gasteiger partial charge in [-0.3, -0.25) is 0 Å². The molecule has 2 aliphatic rings. The highest BCUT2D eigenvalue weighted by molar-refractivity contribution is 5.65. The average molecular weight is 188 g/mol. The Morgan fingerprint density at radius 2 is 2.07 bits per heavy atom. The van der Waals surface area contributed by atoms with Crippen LogP contribution in [0.15, 0.2) is 18.2 Å². The SMILES string of the molecule is Nc1ccc2c(c1)N[C@H]1CCCC[C@@H]21. The molecule has 0 spiro atoms. The molecule has 74 valence electrons. The lowest BCUT2D eigenvalue weighted by Gasteiger charge is -2.25. The first-order chi connectivity index (χ1) is 6.84. The van der Waals surface area contributed by atoms with Gasteiger partial charge in [-0.05, 0) is 30.5 Å². The summed E-state index contributed by atoms with van der Waals surface area (Å²) in [5.41, 5.74) is 9.42. The van der Waals surface area contributed by atoms with Crippen LogP contribution in [0.5, 0.6) is 0 Å². The fourth-order valence-electron chi connectivity index (χ4n) is 2.90. The maximum Gasteiger partial charge on any atom is 0.0399 e. The van der Waals surface area contributed by atoms with Crippen LogP contribution in [0.25, 0.3) is 0 Å². The number of nitrogens with two attached hydrogens (primary N) is 1. The fourth-order valence-corrected chi connectivity index (χ4v) is 2.90. The first-order valence-corrected chi connectivity index (χ1v) is 5.50. The highest BCUT2D eigenvalue weighted by atomic mass is 15.0. The highest BCUT2D eigenvalue weighted by Crippen LogP contribution is 2.44. The van der Waals surface area contributed by atoms with Crippen LogP contribution in [0.4, 0.5) is 11.4 Å². The summed E-state index contributed by atoms with van der Waals surface area (Å²) in [6, 6.07) is 6.99. The van der Waals surface area contributed by atoms with Gasteiger partial charge in [-0.1, -0.05) is 18.9 Å².